The molecule has 0 saturated carbocycles. The van der Waals surface area contributed by atoms with Crippen molar-refractivity contribution in [1.29, 1.82) is 0 Å². The molecule has 0 aliphatic rings. The number of rotatable bonds is 1. The fourth-order valence-corrected chi connectivity index (χ4v) is 1.19. The average molecular weight is 161 g/mol. The lowest BCUT2D eigenvalue weighted by Gasteiger charge is -2.19. The van der Waals surface area contributed by atoms with Crippen LogP contribution in [-0.2, 0) is 11.8 Å². The first-order valence-corrected chi connectivity index (χ1v) is 4.42. The summed E-state index contributed by atoms with van der Waals surface area (Å²) in [6.45, 7) is 10.6. The minimum Gasteiger partial charge on any atom is -0.0617 e. The molecular weight excluding hydrogens is 144 g/mol. The molecule has 0 atom stereocenters. The van der Waals surface area contributed by atoms with Gasteiger partial charge in [0.05, 0.1) is 0 Å². The van der Waals surface area contributed by atoms with E-state index in [1.165, 1.54) is 11.1 Å². The van der Waals surface area contributed by atoms with Crippen LogP contribution in [0.4, 0.5) is 0 Å². The molecule has 0 fully saturated rings. The van der Waals surface area contributed by atoms with E-state index in [4.69, 9.17) is 0 Å². The fourth-order valence-electron chi connectivity index (χ4n) is 1.19. The second-order valence-electron chi connectivity index (χ2n) is 4.20. The summed E-state index contributed by atoms with van der Waals surface area (Å²) in [6, 6.07) is 8.66. The highest BCUT2D eigenvalue weighted by Crippen LogP contribution is 2.22. The molecule has 0 nitrogen and oxygen atoms in total. The van der Waals surface area contributed by atoms with Crippen molar-refractivity contribution in [3.8, 4) is 0 Å². The molecule has 0 bridgehead atoms. The van der Waals surface area contributed by atoms with Crippen molar-refractivity contribution < 1.29 is 0 Å². The van der Waals surface area contributed by atoms with Gasteiger partial charge >= 0.3 is 0 Å². The third-order valence-electron chi connectivity index (χ3n) is 2.08. The van der Waals surface area contributed by atoms with Crippen molar-refractivity contribution in [2.24, 2.45) is 0 Å². The molecule has 0 saturated heterocycles. The van der Waals surface area contributed by atoms with Gasteiger partial charge in [0.1, 0.15) is 0 Å². The number of hydrogen-bond donors (Lipinski definition) is 0. The molecule has 0 heteroatoms. The maximum Gasteiger partial charge on any atom is -0.0132 e. The standard InChI is InChI=1S/C12H17/c1-5-10-7-6-8-11(9-10)12(2,3)4/h6-9H,1,5H2,2-4H3. The molecular formula is C12H17. The molecule has 0 aromatic heterocycles. The van der Waals surface area contributed by atoms with Gasteiger partial charge in [0.25, 0.3) is 0 Å². The van der Waals surface area contributed by atoms with E-state index in [-0.39, 0.29) is 5.41 Å². The summed E-state index contributed by atoms with van der Waals surface area (Å²) in [5.41, 5.74) is 2.97. The van der Waals surface area contributed by atoms with Crippen LogP contribution in [0.2, 0.25) is 0 Å². The zero-order valence-corrected chi connectivity index (χ0v) is 8.22. The van der Waals surface area contributed by atoms with E-state index in [0.29, 0.717) is 0 Å². The molecule has 0 N–H and O–H groups in total. The smallest absolute Gasteiger partial charge is 0.0132 e. The number of benzene rings is 1. The molecule has 65 valence electrons. The quantitative estimate of drug-likeness (QED) is 0.592. The van der Waals surface area contributed by atoms with Crippen LogP contribution in [0.15, 0.2) is 24.3 Å². The average Bonchev–Trinajstić information content (AvgIpc) is 2.03. The predicted octanol–water partition coefficient (Wildman–Crippen LogP) is 3.36. The highest BCUT2D eigenvalue weighted by molar-refractivity contribution is 5.28. The van der Waals surface area contributed by atoms with Crippen LogP contribution in [0, 0.1) is 6.92 Å². The fraction of sp³-hybridized carbons (Fsp3) is 0.417. The summed E-state index contributed by atoms with van der Waals surface area (Å²) in [7, 11) is 0. The van der Waals surface area contributed by atoms with Crippen LogP contribution < -0.4 is 0 Å². The molecule has 1 aromatic rings. The van der Waals surface area contributed by atoms with Gasteiger partial charge in [-0.05, 0) is 29.9 Å². The summed E-state index contributed by atoms with van der Waals surface area (Å²) in [5.74, 6) is 0. The van der Waals surface area contributed by atoms with E-state index in [1.54, 1.807) is 0 Å². The van der Waals surface area contributed by atoms with Gasteiger partial charge in [0.15, 0.2) is 0 Å². The van der Waals surface area contributed by atoms with E-state index < -0.39 is 0 Å². The molecule has 0 aliphatic heterocycles. The van der Waals surface area contributed by atoms with Crippen LogP contribution in [-0.4, -0.2) is 0 Å². The van der Waals surface area contributed by atoms with Gasteiger partial charge < -0.3 is 0 Å². The maximum absolute atomic E-state index is 3.88. The Morgan fingerprint density at radius 1 is 1.25 bits per heavy atom. The second-order valence-corrected chi connectivity index (χ2v) is 4.20. The largest absolute Gasteiger partial charge is 0.0617 e. The molecule has 0 spiro atoms. The van der Waals surface area contributed by atoms with Crippen molar-refractivity contribution >= 4 is 0 Å². The zero-order chi connectivity index (χ0) is 9.19. The van der Waals surface area contributed by atoms with Crippen molar-refractivity contribution in [2.75, 3.05) is 0 Å². The zero-order valence-electron chi connectivity index (χ0n) is 8.22. The molecule has 1 rings (SSSR count). The van der Waals surface area contributed by atoms with Crippen LogP contribution in [0.3, 0.4) is 0 Å². The summed E-state index contributed by atoms with van der Waals surface area (Å²) in [6.07, 6.45) is 0.879. The lowest BCUT2D eigenvalue weighted by Crippen LogP contribution is -2.10. The van der Waals surface area contributed by atoms with Gasteiger partial charge in [-0.1, -0.05) is 45.0 Å². The Morgan fingerprint density at radius 2 is 1.92 bits per heavy atom. The Kier molecular flexibility index (Phi) is 2.56. The van der Waals surface area contributed by atoms with Crippen LogP contribution >= 0.6 is 0 Å². The Morgan fingerprint density at radius 3 is 2.42 bits per heavy atom. The monoisotopic (exact) mass is 161 g/mol. The summed E-state index contributed by atoms with van der Waals surface area (Å²) in [5, 5.41) is 0. The second kappa shape index (κ2) is 3.30. The molecule has 1 radical (unpaired) electrons. The first-order valence-electron chi connectivity index (χ1n) is 4.42. The van der Waals surface area contributed by atoms with E-state index in [0.717, 1.165) is 6.42 Å². The van der Waals surface area contributed by atoms with Crippen LogP contribution in [0.5, 0.6) is 0 Å². The molecule has 0 amide bonds. The van der Waals surface area contributed by atoms with Crippen molar-refractivity contribution in [1.82, 2.24) is 0 Å². The molecule has 12 heavy (non-hydrogen) atoms. The SMILES string of the molecule is [CH2]Cc1cccc(C(C)(C)C)c1. The molecule has 1 aromatic carbocycles. The molecule has 0 aliphatic carbocycles. The van der Waals surface area contributed by atoms with Gasteiger partial charge in [-0.15, -0.1) is 0 Å². The van der Waals surface area contributed by atoms with Crippen LogP contribution in [0.1, 0.15) is 31.9 Å². The minimum atomic E-state index is 0.255. The van der Waals surface area contributed by atoms with Gasteiger partial charge in [0, 0.05) is 0 Å². The first-order chi connectivity index (χ1) is 5.54. The van der Waals surface area contributed by atoms with E-state index >= 15 is 0 Å². The Balaban J connectivity index is 3.02. The van der Waals surface area contributed by atoms with Gasteiger partial charge in [-0.25, -0.2) is 0 Å². The summed E-state index contributed by atoms with van der Waals surface area (Å²) >= 11 is 0. The molecule has 0 unspecified atom stereocenters. The highest BCUT2D eigenvalue weighted by atomic mass is 14.2. The first kappa shape index (κ1) is 9.31. The van der Waals surface area contributed by atoms with Gasteiger partial charge in [-0.2, -0.15) is 0 Å². The summed E-state index contributed by atoms with van der Waals surface area (Å²) in [4.78, 5) is 0. The highest BCUT2D eigenvalue weighted by Gasteiger charge is 2.12. The van der Waals surface area contributed by atoms with Gasteiger partial charge in [0.2, 0.25) is 0 Å². The van der Waals surface area contributed by atoms with E-state index in [1.807, 2.05) is 0 Å². The predicted molar refractivity (Wildman–Crippen MR) is 54.2 cm³/mol. The molecule has 0 heterocycles. The van der Waals surface area contributed by atoms with E-state index in [9.17, 15) is 0 Å². The number of hydrogen-bond acceptors (Lipinski definition) is 0. The maximum atomic E-state index is 3.88. The Labute approximate surface area is 75.6 Å². The lowest BCUT2D eigenvalue weighted by molar-refractivity contribution is 0.589. The van der Waals surface area contributed by atoms with Gasteiger partial charge in [-0.3, -0.25) is 0 Å². The normalized spacial score (nSPS) is 11.7. The van der Waals surface area contributed by atoms with Crippen molar-refractivity contribution in [3.05, 3.63) is 42.3 Å². The van der Waals surface area contributed by atoms with Crippen molar-refractivity contribution in [2.45, 2.75) is 32.6 Å². The summed E-state index contributed by atoms with van der Waals surface area (Å²) < 4.78 is 0. The Hall–Kier alpha value is -0.780. The minimum absolute atomic E-state index is 0.255. The third-order valence-corrected chi connectivity index (χ3v) is 2.08. The van der Waals surface area contributed by atoms with Crippen molar-refractivity contribution in [3.63, 3.8) is 0 Å². The third kappa shape index (κ3) is 2.10. The lowest BCUT2D eigenvalue weighted by atomic mass is 9.86. The van der Waals surface area contributed by atoms with E-state index in [2.05, 4.69) is 52.0 Å². The Bertz CT molecular complexity index is 253. The topological polar surface area (TPSA) is 0 Å². The van der Waals surface area contributed by atoms with Crippen LogP contribution in [0.25, 0.3) is 0 Å².